The van der Waals surface area contributed by atoms with Gasteiger partial charge in [0, 0.05) is 22.6 Å². The van der Waals surface area contributed by atoms with E-state index in [0.29, 0.717) is 22.2 Å². The van der Waals surface area contributed by atoms with Gasteiger partial charge in [0.15, 0.2) is 0 Å². The number of hydrogen-bond donors (Lipinski definition) is 2. The normalized spacial score (nSPS) is 12.7. The minimum absolute atomic E-state index is 0.00966. The summed E-state index contributed by atoms with van der Waals surface area (Å²) in [5.74, 6) is -0.211. The van der Waals surface area contributed by atoms with Gasteiger partial charge in [-0.05, 0) is 48.9 Å². The van der Waals surface area contributed by atoms with Crippen LogP contribution in [-0.2, 0) is 6.18 Å². The minimum Gasteiger partial charge on any atom is -0.383 e. The van der Waals surface area contributed by atoms with Crippen molar-refractivity contribution < 1.29 is 17.6 Å². The highest BCUT2D eigenvalue weighted by Crippen LogP contribution is 2.37. The first-order valence-corrected chi connectivity index (χ1v) is 9.48. The molecule has 0 radical (unpaired) electrons. The molecule has 0 bridgehead atoms. The molecule has 0 aliphatic carbocycles. The fourth-order valence-electron chi connectivity index (χ4n) is 3.33. The number of alkyl halides is 3. The monoisotopic (exact) mass is 426 g/mol. The summed E-state index contributed by atoms with van der Waals surface area (Å²) < 4.78 is 53.2. The van der Waals surface area contributed by atoms with E-state index < -0.39 is 23.7 Å². The van der Waals surface area contributed by atoms with Crippen LogP contribution in [0, 0.1) is 5.82 Å². The summed E-state index contributed by atoms with van der Waals surface area (Å²) in [4.78, 5) is 8.20. The van der Waals surface area contributed by atoms with Crippen LogP contribution in [0.1, 0.15) is 24.2 Å². The first-order valence-electron chi connectivity index (χ1n) is 9.48. The number of nitrogens with zero attached hydrogens (tertiary/aromatic N) is 2. The van der Waals surface area contributed by atoms with E-state index in [1.54, 1.807) is 31.2 Å². The van der Waals surface area contributed by atoms with E-state index in [-0.39, 0.29) is 11.6 Å². The van der Waals surface area contributed by atoms with Gasteiger partial charge in [0.2, 0.25) is 0 Å². The van der Waals surface area contributed by atoms with Crippen LogP contribution < -0.4 is 11.1 Å². The van der Waals surface area contributed by atoms with Crippen LogP contribution in [0.4, 0.5) is 29.2 Å². The number of nitrogen functional groups attached to an aromatic ring is 1. The molecule has 1 unspecified atom stereocenters. The zero-order valence-corrected chi connectivity index (χ0v) is 16.4. The van der Waals surface area contributed by atoms with E-state index in [1.165, 1.54) is 18.2 Å². The van der Waals surface area contributed by atoms with Crippen molar-refractivity contribution >= 4 is 22.5 Å². The molecule has 8 heteroatoms. The Kier molecular flexibility index (Phi) is 5.22. The quantitative estimate of drug-likeness (QED) is 0.381. The largest absolute Gasteiger partial charge is 0.433 e. The third-order valence-corrected chi connectivity index (χ3v) is 4.95. The number of pyridine rings is 2. The van der Waals surface area contributed by atoms with Gasteiger partial charge in [-0.15, -0.1) is 0 Å². The van der Waals surface area contributed by atoms with Crippen molar-refractivity contribution in [1.29, 1.82) is 0 Å². The number of fused-ring (bicyclic) bond motifs is 1. The summed E-state index contributed by atoms with van der Waals surface area (Å²) in [6.45, 7) is 1.75. The van der Waals surface area contributed by atoms with Gasteiger partial charge >= 0.3 is 6.18 Å². The Morgan fingerprint density at radius 3 is 2.32 bits per heavy atom. The lowest BCUT2D eigenvalue weighted by molar-refractivity contribution is -0.141. The number of halogens is 4. The highest BCUT2D eigenvalue weighted by molar-refractivity contribution is 5.91. The first kappa shape index (κ1) is 20.6. The van der Waals surface area contributed by atoms with Gasteiger partial charge in [-0.1, -0.05) is 30.3 Å². The van der Waals surface area contributed by atoms with Gasteiger partial charge in [-0.3, -0.25) is 0 Å². The van der Waals surface area contributed by atoms with E-state index in [2.05, 4.69) is 15.3 Å². The SMILES string of the molecule is CC(Nc1nc(C(F)(F)F)ccc1-c1cc2ccccc2nc1N)c1ccc(F)cc1. The van der Waals surface area contributed by atoms with E-state index in [1.807, 2.05) is 18.2 Å². The minimum atomic E-state index is -4.61. The lowest BCUT2D eigenvalue weighted by Gasteiger charge is -2.20. The summed E-state index contributed by atoms with van der Waals surface area (Å²) >= 11 is 0. The topological polar surface area (TPSA) is 63.8 Å². The molecule has 0 amide bonds. The lowest BCUT2D eigenvalue weighted by Crippen LogP contribution is -2.14. The van der Waals surface area contributed by atoms with Crippen LogP contribution in [-0.4, -0.2) is 9.97 Å². The van der Waals surface area contributed by atoms with Crippen LogP contribution in [0.2, 0.25) is 0 Å². The summed E-state index contributed by atoms with van der Waals surface area (Å²) in [6.07, 6.45) is -4.61. The molecule has 2 aromatic carbocycles. The van der Waals surface area contributed by atoms with Crippen LogP contribution in [0.15, 0.2) is 66.7 Å². The molecule has 3 N–H and O–H groups in total. The van der Waals surface area contributed by atoms with Gasteiger partial charge in [-0.25, -0.2) is 14.4 Å². The van der Waals surface area contributed by atoms with Crippen molar-refractivity contribution in [3.8, 4) is 11.1 Å². The molecule has 4 nitrogen and oxygen atoms in total. The van der Waals surface area contributed by atoms with Crippen LogP contribution in [0.25, 0.3) is 22.0 Å². The Morgan fingerprint density at radius 1 is 0.903 bits per heavy atom. The predicted molar refractivity (Wildman–Crippen MR) is 113 cm³/mol. The van der Waals surface area contributed by atoms with Crippen LogP contribution >= 0.6 is 0 Å². The average Bonchev–Trinajstić information content (AvgIpc) is 2.73. The number of para-hydroxylation sites is 1. The highest BCUT2D eigenvalue weighted by Gasteiger charge is 2.33. The lowest BCUT2D eigenvalue weighted by atomic mass is 10.0. The van der Waals surface area contributed by atoms with Crippen molar-refractivity contribution in [3.05, 3.63) is 83.8 Å². The number of benzene rings is 2. The van der Waals surface area contributed by atoms with Gasteiger partial charge in [0.25, 0.3) is 0 Å². The average molecular weight is 426 g/mol. The van der Waals surface area contributed by atoms with Crippen LogP contribution in [0.3, 0.4) is 0 Å². The van der Waals surface area contributed by atoms with E-state index in [0.717, 1.165) is 11.5 Å². The maximum Gasteiger partial charge on any atom is 0.433 e. The van der Waals surface area contributed by atoms with Gasteiger partial charge in [0.1, 0.15) is 23.1 Å². The smallest absolute Gasteiger partial charge is 0.383 e. The van der Waals surface area contributed by atoms with E-state index in [4.69, 9.17) is 5.73 Å². The maximum atomic E-state index is 13.3. The second-order valence-electron chi connectivity index (χ2n) is 7.12. The van der Waals surface area contributed by atoms with Crippen molar-refractivity contribution in [3.63, 3.8) is 0 Å². The van der Waals surface area contributed by atoms with Crippen molar-refractivity contribution in [2.45, 2.75) is 19.1 Å². The molecule has 0 fully saturated rings. The number of aromatic nitrogens is 2. The Morgan fingerprint density at radius 2 is 1.61 bits per heavy atom. The van der Waals surface area contributed by atoms with Gasteiger partial charge in [-0.2, -0.15) is 13.2 Å². The number of nitrogens with one attached hydrogen (secondary N) is 1. The zero-order valence-electron chi connectivity index (χ0n) is 16.4. The maximum absolute atomic E-state index is 13.3. The molecule has 0 aliphatic rings. The molecular formula is C23H18F4N4. The Hall–Kier alpha value is -3.68. The molecule has 4 rings (SSSR count). The standard InChI is InChI=1S/C23H18F4N4/c1-13(14-6-8-16(24)9-7-14)29-22-17(10-11-20(31-22)23(25,26)27)18-12-15-4-2-3-5-19(15)30-21(18)28/h2-13H,1H3,(H2,28,30)(H,29,31). The zero-order chi connectivity index (χ0) is 22.2. The molecule has 2 heterocycles. The number of anilines is 2. The van der Waals surface area contributed by atoms with E-state index >= 15 is 0 Å². The van der Waals surface area contributed by atoms with Gasteiger partial charge < -0.3 is 11.1 Å². The molecular weight excluding hydrogens is 408 g/mol. The molecule has 31 heavy (non-hydrogen) atoms. The molecule has 0 spiro atoms. The fourth-order valence-corrected chi connectivity index (χ4v) is 3.33. The predicted octanol–water partition coefficient (Wildman–Crippen LogP) is 6.21. The summed E-state index contributed by atoms with van der Waals surface area (Å²) in [5, 5.41) is 3.81. The summed E-state index contributed by atoms with van der Waals surface area (Å²) in [5.41, 5.74) is 7.33. The van der Waals surface area contributed by atoms with Crippen molar-refractivity contribution in [2.75, 3.05) is 11.1 Å². The van der Waals surface area contributed by atoms with Crippen molar-refractivity contribution in [1.82, 2.24) is 9.97 Å². The third kappa shape index (κ3) is 4.28. The molecule has 158 valence electrons. The Labute approximate surface area is 175 Å². The molecule has 0 aliphatic heterocycles. The Bertz CT molecular complexity index is 1240. The fraction of sp³-hybridized carbons (Fsp3) is 0.130. The summed E-state index contributed by atoms with van der Waals surface area (Å²) in [6, 6.07) is 16.6. The Balaban J connectivity index is 1.82. The molecule has 0 saturated heterocycles. The summed E-state index contributed by atoms with van der Waals surface area (Å²) in [7, 11) is 0. The number of hydrogen-bond acceptors (Lipinski definition) is 4. The second kappa shape index (κ2) is 7.86. The highest BCUT2D eigenvalue weighted by atomic mass is 19.4. The second-order valence-corrected chi connectivity index (χ2v) is 7.12. The third-order valence-electron chi connectivity index (χ3n) is 4.95. The molecule has 0 saturated carbocycles. The molecule has 2 aromatic heterocycles. The van der Waals surface area contributed by atoms with Crippen LogP contribution in [0.5, 0.6) is 0 Å². The van der Waals surface area contributed by atoms with Crippen molar-refractivity contribution in [2.24, 2.45) is 0 Å². The molecule has 4 aromatic rings. The van der Waals surface area contributed by atoms with E-state index in [9.17, 15) is 17.6 Å². The van der Waals surface area contributed by atoms with Gasteiger partial charge in [0.05, 0.1) is 5.52 Å². The number of rotatable bonds is 4. The first-order chi connectivity index (χ1) is 14.7. The molecule has 1 atom stereocenters. The number of nitrogens with two attached hydrogens (primary N) is 1.